The maximum atomic E-state index is 15.3. The van der Waals surface area contributed by atoms with Crippen LogP contribution in [0.3, 0.4) is 0 Å². The van der Waals surface area contributed by atoms with Gasteiger partial charge in [-0.25, -0.2) is 9.37 Å². The summed E-state index contributed by atoms with van der Waals surface area (Å²) in [5.74, 6) is -0.131. The first-order valence-corrected chi connectivity index (χ1v) is 12.6. The smallest absolute Gasteiger partial charge is 0.247 e. The molecule has 2 aromatic heterocycles. The van der Waals surface area contributed by atoms with Crippen molar-refractivity contribution in [3.8, 4) is 16.9 Å². The second kappa shape index (κ2) is 8.59. The molecule has 0 aliphatic carbocycles. The minimum atomic E-state index is -0.608. The van der Waals surface area contributed by atoms with Crippen LogP contribution in [0.25, 0.3) is 22.5 Å². The van der Waals surface area contributed by atoms with E-state index in [1.807, 2.05) is 23.1 Å². The van der Waals surface area contributed by atoms with Crippen LogP contribution in [0.15, 0.2) is 48.9 Å². The monoisotopic (exact) mass is 530 g/mol. The first kappa shape index (κ1) is 22.8. The molecule has 190 valence electrons. The lowest BCUT2D eigenvalue weighted by atomic mass is 9.92. The molecule has 10 nitrogen and oxygen atoms in total. The van der Waals surface area contributed by atoms with Gasteiger partial charge in [0.1, 0.15) is 12.2 Å². The number of aromatic nitrogens is 6. The number of nitrogens with zero attached hydrogens (tertiary/aromatic N) is 6. The van der Waals surface area contributed by atoms with Gasteiger partial charge in [0, 0.05) is 23.4 Å². The van der Waals surface area contributed by atoms with E-state index in [9.17, 15) is 9.59 Å². The summed E-state index contributed by atoms with van der Waals surface area (Å²) in [6, 6.07) is 8.55. The van der Waals surface area contributed by atoms with E-state index in [4.69, 9.17) is 11.6 Å². The molecule has 3 aliphatic rings. The molecule has 2 atom stereocenters. The molecule has 0 spiro atoms. The van der Waals surface area contributed by atoms with Crippen molar-refractivity contribution in [1.29, 1.82) is 0 Å². The van der Waals surface area contributed by atoms with Gasteiger partial charge in [0.25, 0.3) is 0 Å². The van der Waals surface area contributed by atoms with E-state index < -0.39 is 5.82 Å². The zero-order valence-electron chi connectivity index (χ0n) is 19.9. The fraction of sp³-hybridized carbons (Fsp3) is 0.231. The minimum absolute atomic E-state index is 0.0155. The predicted molar refractivity (Wildman–Crippen MR) is 136 cm³/mol. The second-order valence-corrected chi connectivity index (χ2v) is 10.1. The highest BCUT2D eigenvalue weighted by Crippen LogP contribution is 2.44. The maximum Gasteiger partial charge on any atom is 0.247 e. The summed E-state index contributed by atoms with van der Waals surface area (Å²) < 4.78 is 16.7. The van der Waals surface area contributed by atoms with Gasteiger partial charge in [-0.05, 0) is 70.7 Å². The standard InChI is InChI=1S/C26H20ClFN8O2/c27-17-3-6-20(35-12-30-33-34-35)24(25(17)28)15-8-16-2-5-21(36(16)23(38)10-15)26-29-11-19(32-26)13-1-4-18-14(7-13)9-22(37)31-18/h1,3-4,6-7,10-12,16,21H,2,5,8-9H2,(H,29,32)(H,31,37)/t16?,21-/m0/s1. The average molecular weight is 531 g/mol. The molecule has 2 amide bonds. The third-order valence-corrected chi connectivity index (χ3v) is 7.74. The predicted octanol–water partition coefficient (Wildman–Crippen LogP) is 3.86. The summed E-state index contributed by atoms with van der Waals surface area (Å²) in [5.41, 5.74) is 4.72. The van der Waals surface area contributed by atoms with Gasteiger partial charge in [0.05, 0.1) is 35.1 Å². The Morgan fingerprint density at radius 2 is 2.03 bits per heavy atom. The molecule has 4 aromatic rings. The molecule has 0 bridgehead atoms. The number of amides is 2. The lowest BCUT2D eigenvalue weighted by Crippen LogP contribution is -2.39. The Hall–Kier alpha value is -4.38. The van der Waals surface area contributed by atoms with E-state index in [1.54, 1.807) is 12.3 Å². The van der Waals surface area contributed by atoms with Gasteiger partial charge >= 0.3 is 0 Å². The second-order valence-electron chi connectivity index (χ2n) is 9.66. The van der Waals surface area contributed by atoms with Gasteiger partial charge in [-0.2, -0.15) is 4.68 Å². The molecule has 0 radical (unpaired) electrons. The molecule has 1 unspecified atom stereocenters. The Morgan fingerprint density at radius 3 is 2.87 bits per heavy atom. The molecule has 7 rings (SSSR count). The molecule has 2 aromatic carbocycles. The van der Waals surface area contributed by atoms with Gasteiger partial charge in [-0.3, -0.25) is 9.59 Å². The average Bonchev–Trinajstić information content (AvgIpc) is 3.70. The third kappa shape index (κ3) is 3.61. The first-order chi connectivity index (χ1) is 18.5. The van der Waals surface area contributed by atoms with Crippen LogP contribution in [0.2, 0.25) is 5.02 Å². The van der Waals surface area contributed by atoms with E-state index in [1.165, 1.54) is 23.2 Å². The number of tetrazole rings is 1. The first-order valence-electron chi connectivity index (χ1n) is 12.2. The highest BCUT2D eigenvalue weighted by atomic mass is 35.5. The van der Waals surface area contributed by atoms with Crippen LogP contribution in [0.5, 0.6) is 0 Å². The zero-order chi connectivity index (χ0) is 26.0. The Balaban J connectivity index is 1.19. The van der Waals surface area contributed by atoms with Crippen LogP contribution >= 0.6 is 11.6 Å². The molecule has 0 saturated carbocycles. The van der Waals surface area contributed by atoms with E-state index in [2.05, 4.69) is 30.8 Å². The minimum Gasteiger partial charge on any atom is -0.340 e. The number of rotatable bonds is 4. The van der Waals surface area contributed by atoms with Gasteiger partial charge in [-0.15, -0.1) is 5.10 Å². The number of aromatic amines is 1. The summed E-state index contributed by atoms with van der Waals surface area (Å²) in [6.45, 7) is 0. The number of hydrogen-bond donors (Lipinski definition) is 2. The number of imidazole rings is 1. The molecule has 38 heavy (non-hydrogen) atoms. The number of nitrogens with one attached hydrogen (secondary N) is 2. The molecular formula is C26H20ClFN8O2. The SMILES string of the molecule is O=C1Cc2cc(-c3cnc([C@@H]4CCC5CC(c6c(-n7cnnn7)ccc(Cl)c6F)=CC(=O)N54)[nH]3)ccc2N1. The molecule has 12 heteroatoms. The van der Waals surface area contributed by atoms with Crippen molar-refractivity contribution in [2.45, 2.75) is 37.8 Å². The number of anilines is 1. The zero-order valence-corrected chi connectivity index (χ0v) is 20.6. The van der Waals surface area contributed by atoms with Crippen molar-refractivity contribution in [1.82, 2.24) is 35.1 Å². The lowest BCUT2D eigenvalue weighted by Gasteiger charge is -2.33. The van der Waals surface area contributed by atoms with E-state index in [-0.39, 0.29) is 34.5 Å². The van der Waals surface area contributed by atoms with Crippen LogP contribution in [0.4, 0.5) is 10.1 Å². The molecule has 1 saturated heterocycles. The lowest BCUT2D eigenvalue weighted by molar-refractivity contribution is -0.129. The number of H-pyrrole nitrogens is 1. The van der Waals surface area contributed by atoms with Crippen molar-refractivity contribution >= 4 is 34.7 Å². The van der Waals surface area contributed by atoms with Gasteiger partial charge in [-0.1, -0.05) is 17.7 Å². The van der Waals surface area contributed by atoms with E-state index in [0.717, 1.165) is 35.3 Å². The summed E-state index contributed by atoms with van der Waals surface area (Å²) in [4.78, 5) is 35.0. The molecular weight excluding hydrogens is 511 g/mol. The van der Waals surface area contributed by atoms with Crippen LogP contribution < -0.4 is 5.32 Å². The summed E-state index contributed by atoms with van der Waals surface area (Å²) >= 11 is 6.12. The fourth-order valence-electron chi connectivity index (χ4n) is 5.75. The Kier molecular flexibility index (Phi) is 5.15. The van der Waals surface area contributed by atoms with Crippen LogP contribution in [-0.4, -0.2) is 52.9 Å². The number of hydrogen-bond acceptors (Lipinski definition) is 6. The molecule has 1 fully saturated rings. The number of fused-ring (bicyclic) bond motifs is 2. The molecule has 3 aliphatic heterocycles. The summed E-state index contributed by atoms with van der Waals surface area (Å²) in [7, 11) is 0. The van der Waals surface area contributed by atoms with E-state index >= 15 is 4.39 Å². The van der Waals surface area contributed by atoms with E-state index in [0.29, 0.717) is 29.9 Å². The Labute approximate surface area is 220 Å². The normalized spacial score (nSPS) is 20.4. The van der Waals surface area contributed by atoms with Crippen molar-refractivity contribution in [2.24, 2.45) is 0 Å². The molecule has 5 heterocycles. The van der Waals surface area contributed by atoms with Gasteiger partial charge in [0.2, 0.25) is 11.8 Å². The van der Waals surface area contributed by atoms with Crippen LogP contribution in [0.1, 0.15) is 42.3 Å². The van der Waals surface area contributed by atoms with Crippen LogP contribution in [0, 0.1) is 5.82 Å². The van der Waals surface area contributed by atoms with Crippen molar-refractivity contribution in [3.63, 3.8) is 0 Å². The molecule has 2 N–H and O–H groups in total. The third-order valence-electron chi connectivity index (χ3n) is 7.45. The Bertz CT molecular complexity index is 1650. The quantitative estimate of drug-likeness (QED) is 0.413. The highest BCUT2D eigenvalue weighted by molar-refractivity contribution is 6.31. The number of benzene rings is 2. The number of halogens is 2. The van der Waals surface area contributed by atoms with Crippen molar-refractivity contribution in [2.75, 3.05) is 5.32 Å². The van der Waals surface area contributed by atoms with Crippen LogP contribution in [-0.2, 0) is 16.0 Å². The number of carbonyl (C=O) groups is 2. The van der Waals surface area contributed by atoms with Gasteiger partial charge < -0.3 is 15.2 Å². The maximum absolute atomic E-state index is 15.3. The summed E-state index contributed by atoms with van der Waals surface area (Å²) in [5, 5.41) is 14.0. The van der Waals surface area contributed by atoms with Gasteiger partial charge in [0.15, 0.2) is 5.82 Å². The fourth-order valence-corrected chi connectivity index (χ4v) is 5.91. The summed E-state index contributed by atoms with van der Waals surface area (Å²) in [6.07, 6.45) is 6.90. The number of carbonyl (C=O) groups excluding carboxylic acids is 2. The largest absolute Gasteiger partial charge is 0.340 e. The van der Waals surface area contributed by atoms with Crippen molar-refractivity contribution in [3.05, 3.63) is 76.7 Å². The highest BCUT2D eigenvalue weighted by Gasteiger charge is 2.42. The van der Waals surface area contributed by atoms with Crippen molar-refractivity contribution < 1.29 is 14.0 Å². The Morgan fingerprint density at radius 1 is 1.13 bits per heavy atom. The topological polar surface area (TPSA) is 122 Å².